The van der Waals surface area contributed by atoms with Crippen LogP contribution in [0.4, 0.5) is 0 Å². The molecule has 0 saturated heterocycles. The third kappa shape index (κ3) is 4.64. The maximum Gasteiger partial charge on any atom is 0.309 e. The van der Waals surface area contributed by atoms with E-state index in [1.807, 2.05) is 13.8 Å². The number of primary amides is 1. The van der Waals surface area contributed by atoms with Crippen molar-refractivity contribution in [3.8, 4) is 0 Å². The second-order valence-corrected chi connectivity index (χ2v) is 4.82. The molecule has 16 heavy (non-hydrogen) atoms. The van der Waals surface area contributed by atoms with E-state index in [-0.39, 0.29) is 24.4 Å². The van der Waals surface area contributed by atoms with Crippen LogP contribution in [0.3, 0.4) is 0 Å². The molecule has 0 aromatic carbocycles. The number of carbonyl (C=O) groups excluding carboxylic acids is 2. The van der Waals surface area contributed by atoms with Gasteiger partial charge in [-0.05, 0) is 17.8 Å². The van der Waals surface area contributed by atoms with Crippen molar-refractivity contribution in [3.05, 3.63) is 0 Å². The molecule has 3 atom stereocenters. The first-order chi connectivity index (χ1) is 7.27. The second kappa shape index (κ2) is 6.51. The van der Waals surface area contributed by atoms with E-state index in [4.69, 9.17) is 10.5 Å². The zero-order chi connectivity index (χ0) is 12.9. The number of esters is 1. The molecule has 2 N–H and O–H groups in total. The highest BCUT2D eigenvalue weighted by atomic mass is 16.5. The molecule has 0 saturated carbocycles. The third-order valence-corrected chi connectivity index (χ3v) is 3.40. The van der Waals surface area contributed by atoms with E-state index in [1.165, 1.54) is 0 Å². The molecule has 1 amide bonds. The number of nitrogens with two attached hydrogens (primary N) is 1. The Kier molecular flexibility index (Phi) is 6.08. The van der Waals surface area contributed by atoms with Crippen molar-refractivity contribution in [3.63, 3.8) is 0 Å². The Labute approximate surface area is 97.5 Å². The minimum absolute atomic E-state index is 0.211. The summed E-state index contributed by atoms with van der Waals surface area (Å²) in [7, 11) is 0. The van der Waals surface area contributed by atoms with Crippen molar-refractivity contribution in [1.82, 2.24) is 0 Å². The van der Waals surface area contributed by atoms with Crippen LogP contribution in [-0.4, -0.2) is 18.5 Å². The summed E-state index contributed by atoms with van der Waals surface area (Å²) in [6.45, 7) is 9.90. The smallest absolute Gasteiger partial charge is 0.309 e. The van der Waals surface area contributed by atoms with Crippen LogP contribution in [-0.2, 0) is 14.3 Å². The van der Waals surface area contributed by atoms with Gasteiger partial charge in [0.15, 0.2) is 6.61 Å². The Morgan fingerprint density at radius 1 is 1.06 bits per heavy atom. The van der Waals surface area contributed by atoms with Crippen LogP contribution in [0.2, 0.25) is 0 Å². The molecule has 0 bridgehead atoms. The molecule has 94 valence electrons. The van der Waals surface area contributed by atoms with Gasteiger partial charge in [0, 0.05) is 0 Å². The number of amides is 1. The van der Waals surface area contributed by atoms with E-state index in [2.05, 4.69) is 20.8 Å². The van der Waals surface area contributed by atoms with Crippen LogP contribution >= 0.6 is 0 Å². The first kappa shape index (κ1) is 14.9. The summed E-state index contributed by atoms with van der Waals surface area (Å²) < 4.78 is 4.80. The summed E-state index contributed by atoms with van der Waals surface area (Å²) >= 11 is 0. The molecule has 4 nitrogen and oxygen atoms in total. The highest BCUT2D eigenvalue weighted by Gasteiger charge is 2.27. The van der Waals surface area contributed by atoms with Crippen LogP contribution in [0.25, 0.3) is 0 Å². The SMILES string of the molecule is CC(C)C(C)C(C)C(C)C(=O)OCC(N)=O. The predicted octanol–water partition coefficient (Wildman–Crippen LogP) is 1.58. The van der Waals surface area contributed by atoms with E-state index >= 15 is 0 Å². The number of ether oxygens (including phenoxy) is 1. The zero-order valence-corrected chi connectivity index (χ0v) is 10.8. The third-order valence-electron chi connectivity index (χ3n) is 3.40. The normalized spacial score (nSPS) is 16.6. The van der Waals surface area contributed by atoms with Crippen molar-refractivity contribution >= 4 is 11.9 Å². The summed E-state index contributed by atoms with van der Waals surface area (Å²) in [5.41, 5.74) is 4.91. The number of hydrogen-bond acceptors (Lipinski definition) is 3. The summed E-state index contributed by atoms with van der Waals surface area (Å²) in [6, 6.07) is 0. The summed E-state index contributed by atoms with van der Waals surface area (Å²) in [4.78, 5) is 22.1. The van der Waals surface area contributed by atoms with Crippen LogP contribution in [0, 0.1) is 23.7 Å². The summed E-state index contributed by atoms with van der Waals surface area (Å²) in [5, 5.41) is 0. The van der Waals surface area contributed by atoms with Gasteiger partial charge >= 0.3 is 5.97 Å². The van der Waals surface area contributed by atoms with Crippen LogP contribution in [0.15, 0.2) is 0 Å². The largest absolute Gasteiger partial charge is 0.455 e. The lowest BCUT2D eigenvalue weighted by molar-refractivity contribution is -0.153. The lowest BCUT2D eigenvalue weighted by Crippen LogP contribution is -2.30. The number of hydrogen-bond donors (Lipinski definition) is 1. The highest BCUT2D eigenvalue weighted by molar-refractivity contribution is 5.79. The van der Waals surface area contributed by atoms with Crippen molar-refractivity contribution in [2.75, 3.05) is 6.61 Å². The fourth-order valence-corrected chi connectivity index (χ4v) is 1.55. The maximum absolute atomic E-state index is 11.6. The lowest BCUT2D eigenvalue weighted by atomic mass is 9.79. The van der Waals surface area contributed by atoms with Gasteiger partial charge < -0.3 is 10.5 Å². The van der Waals surface area contributed by atoms with E-state index in [9.17, 15) is 9.59 Å². The molecule has 0 aliphatic rings. The van der Waals surface area contributed by atoms with E-state index in [0.29, 0.717) is 11.8 Å². The maximum atomic E-state index is 11.6. The molecule has 0 aliphatic carbocycles. The molecule has 4 heteroatoms. The Bertz CT molecular complexity index is 251. The van der Waals surface area contributed by atoms with Crippen LogP contribution in [0.1, 0.15) is 34.6 Å². The zero-order valence-electron chi connectivity index (χ0n) is 10.8. The van der Waals surface area contributed by atoms with Gasteiger partial charge in [-0.2, -0.15) is 0 Å². The Balaban J connectivity index is 4.26. The molecule has 0 aromatic heterocycles. The van der Waals surface area contributed by atoms with Gasteiger partial charge in [0.2, 0.25) is 0 Å². The first-order valence-electron chi connectivity index (χ1n) is 5.72. The predicted molar refractivity (Wildman–Crippen MR) is 62.5 cm³/mol. The van der Waals surface area contributed by atoms with Gasteiger partial charge in [-0.25, -0.2) is 0 Å². The Hall–Kier alpha value is -1.06. The summed E-state index contributed by atoms with van der Waals surface area (Å²) in [6.07, 6.45) is 0. The van der Waals surface area contributed by atoms with Gasteiger partial charge in [0.25, 0.3) is 5.91 Å². The summed E-state index contributed by atoms with van der Waals surface area (Å²) in [5.74, 6) is -0.0152. The Morgan fingerprint density at radius 3 is 1.94 bits per heavy atom. The van der Waals surface area contributed by atoms with Gasteiger partial charge in [-0.1, -0.05) is 34.6 Å². The van der Waals surface area contributed by atoms with Gasteiger partial charge in [0.05, 0.1) is 5.92 Å². The fourth-order valence-electron chi connectivity index (χ4n) is 1.55. The number of carbonyl (C=O) groups is 2. The van der Waals surface area contributed by atoms with Crippen molar-refractivity contribution in [2.24, 2.45) is 29.4 Å². The molecule has 0 spiro atoms. The molecule has 0 aromatic rings. The molecular formula is C12H23NO3. The van der Waals surface area contributed by atoms with Crippen molar-refractivity contribution in [2.45, 2.75) is 34.6 Å². The van der Waals surface area contributed by atoms with E-state index in [1.54, 1.807) is 0 Å². The minimum atomic E-state index is -0.620. The molecule has 0 aliphatic heterocycles. The second-order valence-electron chi connectivity index (χ2n) is 4.82. The van der Waals surface area contributed by atoms with E-state index in [0.717, 1.165) is 0 Å². The van der Waals surface area contributed by atoms with Crippen LogP contribution in [0.5, 0.6) is 0 Å². The van der Waals surface area contributed by atoms with Crippen molar-refractivity contribution in [1.29, 1.82) is 0 Å². The van der Waals surface area contributed by atoms with Gasteiger partial charge in [-0.3, -0.25) is 9.59 Å². The van der Waals surface area contributed by atoms with Gasteiger partial charge in [-0.15, -0.1) is 0 Å². The molecule has 0 heterocycles. The quantitative estimate of drug-likeness (QED) is 0.703. The lowest BCUT2D eigenvalue weighted by Gasteiger charge is -2.27. The molecular weight excluding hydrogens is 206 g/mol. The first-order valence-corrected chi connectivity index (χ1v) is 5.72. The topological polar surface area (TPSA) is 69.4 Å². The Morgan fingerprint density at radius 2 is 1.56 bits per heavy atom. The minimum Gasteiger partial charge on any atom is -0.455 e. The van der Waals surface area contributed by atoms with Crippen LogP contribution < -0.4 is 5.73 Å². The molecule has 0 rings (SSSR count). The molecule has 0 radical (unpaired) electrons. The van der Waals surface area contributed by atoms with Gasteiger partial charge in [0.1, 0.15) is 0 Å². The van der Waals surface area contributed by atoms with E-state index < -0.39 is 5.91 Å². The van der Waals surface area contributed by atoms with Crippen molar-refractivity contribution < 1.29 is 14.3 Å². The fraction of sp³-hybridized carbons (Fsp3) is 0.833. The average molecular weight is 229 g/mol. The molecule has 0 fully saturated rings. The monoisotopic (exact) mass is 229 g/mol. The molecule has 3 unspecified atom stereocenters. The highest BCUT2D eigenvalue weighted by Crippen LogP contribution is 2.27. The standard InChI is InChI=1S/C12H23NO3/c1-7(2)8(3)9(4)10(5)12(15)16-6-11(13)14/h7-10H,6H2,1-5H3,(H2,13,14). The average Bonchev–Trinajstić information content (AvgIpc) is 2.22. The number of rotatable bonds is 6.